The number of carbonyl (C=O) groups excluding carboxylic acids is 2. The molecule has 0 aliphatic carbocycles. The Kier molecular flexibility index (Phi) is 5.90. The van der Waals surface area contributed by atoms with Crippen LogP contribution in [0.15, 0.2) is 83.5 Å². The Hall–Kier alpha value is -3.55. The van der Waals surface area contributed by atoms with E-state index in [0.29, 0.717) is 32.9 Å². The summed E-state index contributed by atoms with van der Waals surface area (Å²) >= 11 is 7.13. The van der Waals surface area contributed by atoms with E-state index in [9.17, 15) is 9.59 Å². The Balaban J connectivity index is 1.42. The summed E-state index contributed by atoms with van der Waals surface area (Å²) in [5.41, 5.74) is 2.28. The number of hydrogen-bond acceptors (Lipinski definition) is 6. The zero-order valence-electron chi connectivity index (χ0n) is 17.2. The van der Waals surface area contributed by atoms with E-state index in [2.05, 4.69) is 4.99 Å². The number of para-hydroxylation sites is 1. The molecular formula is C25H17ClN2O4S. The second-order valence-corrected chi connectivity index (χ2v) is 8.61. The number of amides is 1. The molecule has 0 aromatic heterocycles. The fourth-order valence-corrected chi connectivity index (χ4v) is 4.44. The van der Waals surface area contributed by atoms with Crippen LogP contribution in [0.4, 0.5) is 5.69 Å². The Morgan fingerprint density at radius 2 is 1.79 bits per heavy atom. The summed E-state index contributed by atoms with van der Waals surface area (Å²) in [6.07, 6.45) is 1.70. The van der Waals surface area contributed by atoms with Gasteiger partial charge in [0.2, 0.25) is 6.79 Å². The van der Waals surface area contributed by atoms with Crippen molar-refractivity contribution in [2.75, 3.05) is 17.4 Å². The number of amidine groups is 1. The molecule has 2 aliphatic heterocycles. The van der Waals surface area contributed by atoms with Crippen molar-refractivity contribution in [1.82, 2.24) is 0 Å². The largest absolute Gasteiger partial charge is 0.454 e. The molecule has 0 saturated carbocycles. The number of carbonyl (C=O) groups is 2. The second kappa shape index (κ2) is 9.13. The smallest absolute Gasteiger partial charge is 0.283 e. The molecule has 6 nitrogen and oxygen atoms in total. The number of aliphatic imine (C=N–C) groups is 1. The molecule has 2 aliphatic rings. The maximum atomic E-state index is 13.3. The van der Waals surface area contributed by atoms with Gasteiger partial charge in [0.1, 0.15) is 5.70 Å². The Labute approximate surface area is 199 Å². The van der Waals surface area contributed by atoms with Gasteiger partial charge in [-0.1, -0.05) is 47.6 Å². The van der Waals surface area contributed by atoms with Crippen molar-refractivity contribution in [1.29, 1.82) is 0 Å². The molecule has 0 fully saturated rings. The van der Waals surface area contributed by atoms with Gasteiger partial charge in [-0.3, -0.25) is 14.5 Å². The minimum absolute atomic E-state index is 0.0759. The summed E-state index contributed by atoms with van der Waals surface area (Å²) in [6, 6.07) is 21.4. The molecule has 3 aromatic rings. The van der Waals surface area contributed by atoms with Crippen LogP contribution < -0.4 is 14.4 Å². The van der Waals surface area contributed by atoms with Gasteiger partial charge in [0.05, 0.1) is 11.4 Å². The lowest BCUT2D eigenvalue weighted by Gasteiger charge is -2.17. The number of fused-ring (bicyclic) bond motifs is 1. The number of ketones is 1. The lowest BCUT2D eigenvalue weighted by molar-refractivity contribution is -0.113. The number of benzene rings is 3. The average molecular weight is 477 g/mol. The summed E-state index contributed by atoms with van der Waals surface area (Å²) in [5.74, 6) is 1.09. The summed E-state index contributed by atoms with van der Waals surface area (Å²) in [7, 11) is 0. The number of ether oxygens (including phenoxy) is 2. The molecular weight excluding hydrogens is 460 g/mol. The van der Waals surface area contributed by atoms with E-state index in [4.69, 9.17) is 21.1 Å². The predicted molar refractivity (Wildman–Crippen MR) is 130 cm³/mol. The molecule has 0 N–H and O–H groups in total. The lowest BCUT2D eigenvalue weighted by atomic mass is 10.1. The van der Waals surface area contributed by atoms with Crippen LogP contribution in [0.3, 0.4) is 0 Å². The van der Waals surface area contributed by atoms with Crippen LogP contribution in [-0.2, 0) is 4.79 Å². The van der Waals surface area contributed by atoms with E-state index in [1.807, 2.05) is 36.4 Å². The molecule has 0 unspecified atom stereocenters. The zero-order valence-corrected chi connectivity index (χ0v) is 18.8. The molecule has 8 heteroatoms. The fourth-order valence-electron chi connectivity index (χ4n) is 3.41. The van der Waals surface area contributed by atoms with Crippen LogP contribution in [0, 0.1) is 0 Å². The van der Waals surface area contributed by atoms with Crippen LogP contribution in [0.2, 0.25) is 5.02 Å². The van der Waals surface area contributed by atoms with Crippen LogP contribution in [-0.4, -0.2) is 29.4 Å². The summed E-state index contributed by atoms with van der Waals surface area (Å²) in [4.78, 5) is 32.0. The van der Waals surface area contributed by atoms with Crippen molar-refractivity contribution < 1.29 is 19.1 Å². The quantitative estimate of drug-likeness (QED) is 0.363. The molecule has 2 heterocycles. The Bertz CT molecular complexity index is 1290. The van der Waals surface area contributed by atoms with Gasteiger partial charge in [0.15, 0.2) is 22.4 Å². The predicted octanol–water partition coefficient (Wildman–Crippen LogP) is 5.43. The maximum Gasteiger partial charge on any atom is 0.283 e. The standard InChI is InChI=1S/C25H17ClN2O4S/c26-18-9-7-17(8-10-18)21(29)14-33-25-27-20(24(30)28(25)19-4-2-1-3-5-19)12-16-6-11-22-23(13-16)32-15-31-22/h1-13H,14-15H2/b20-12+. The number of halogens is 1. The van der Waals surface area contributed by atoms with E-state index in [0.717, 1.165) is 5.56 Å². The maximum absolute atomic E-state index is 13.3. The van der Waals surface area contributed by atoms with E-state index in [1.165, 1.54) is 16.7 Å². The van der Waals surface area contributed by atoms with Gasteiger partial charge in [-0.25, -0.2) is 4.99 Å². The minimum atomic E-state index is -0.264. The van der Waals surface area contributed by atoms with Crippen molar-refractivity contribution in [3.63, 3.8) is 0 Å². The molecule has 33 heavy (non-hydrogen) atoms. The highest BCUT2D eigenvalue weighted by molar-refractivity contribution is 8.14. The number of thioether (sulfide) groups is 1. The third-order valence-electron chi connectivity index (χ3n) is 5.04. The van der Waals surface area contributed by atoms with Crippen molar-refractivity contribution in [2.45, 2.75) is 0 Å². The van der Waals surface area contributed by atoms with E-state index >= 15 is 0 Å². The van der Waals surface area contributed by atoms with Gasteiger partial charge in [-0.2, -0.15) is 0 Å². The van der Waals surface area contributed by atoms with Gasteiger partial charge in [0, 0.05) is 10.6 Å². The highest BCUT2D eigenvalue weighted by Gasteiger charge is 2.32. The van der Waals surface area contributed by atoms with E-state index in [-0.39, 0.29) is 29.9 Å². The van der Waals surface area contributed by atoms with Gasteiger partial charge < -0.3 is 9.47 Å². The number of nitrogens with zero attached hydrogens (tertiary/aromatic N) is 2. The van der Waals surface area contributed by atoms with Gasteiger partial charge in [-0.05, 0) is 60.2 Å². The van der Waals surface area contributed by atoms with Crippen LogP contribution in [0.1, 0.15) is 15.9 Å². The molecule has 1 amide bonds. The first-order valence-electron chi connectivity index (χ1n) is 10.1. The zero-order chi connectivity index (χ0) is 22.8. The number of anilines is 1. The molecule has 0 atom stereocenters. The number of rotatable bonds is 5. The first kappa shape index (κ1) is 21.3. The van der Waals surface area contributed by atoms with Gasteiger partial charge in [0.25, 0.3) is 5.91 Å². The highest BCUT2D eigenvalue weighted by atomic mass is 35.5. The van der Waals surface area contributed by atoms with Crippen LogP contribution in [0.5, 0.6) is 11.5 Å². The van der Waals surface area contributed by atoms with Crippen molar-refractivity contribution in [3.05, 3.63) is 94.6 Å². The molecule has 164 valence electrons. The third-order valence-corrected chi connectivity index (χ3v) is 6.23. The number of hydrogen-bond donors (Lipinski definition) is 0. The van der Waals surface area contributed by atoms with Crippen molar-refractivity contribution >= 4 is 52.0 Å². The SMILES string of the molecule is O=C(CSC1=N/C(=C/c2ccc3c(c2)OCO3)C(=O)N1c1ccccc1)c1ccc(Cl)cc1. The second-order valence-electron chi connectivity index (χ2n) is 7.23. The summed E-state index contributed by atoms with van der Waals surface area (Å²) in [5, 5.41) is 1.01. The lowest BCUT2D eigenvalue weighted by Crippen LogP contribution is -2.30. The Morgan fingerprint density at radius 1 is 1.03 bits per heavy atom. The average Bonchev–Trinajstić information content (AvgIpc) is 3.42. The van der Waals surface area contributed by atoms with Gasteiger partial charge in [-0.15, -0.1) is 0 Å². The minimum Gasteiger partial charge on any atom is -0.454 e. The Morgan fingerprint density at radius 3 is 2.58 bits per heavy atom. The monoisotopic (exact) mass is 476 g/mol. The van der Waals surface area contributed by atoms with E-state index < -0.39 is 0 Å². The van der Waals surface area contributed by atoms with Crippen LogP contribution >= 0.6 is 23.4 Å². The normalized spacial score (nSPS) is 15.8. The molecule has 0 saturated heterocycles. The fraction of sp³-hybridized carbons (Fsp3) is 0.0800. The van der Waals surface area contributed by atoms with Crippen molar-refractivity contribution in [3.8, 4) is 11.5 Å². The topological polar surface area (TPSA) is 68.2 Å². The molecule has 5 rings (SSSR count). The first-order valence-corrected chi connectivity index (χ1v) is 11.5. The van der Waals surface area contributed by atoms with Crippen LogP contribution in [0.25, 0.3) is 6.08 Å². The molecule has 0 spiro atoms. The molecule has 0 radical (unpaired) electrons. The number of Topliss-reactive ketones (excluding diaryl/α,β-unsaturated/α-hetero) is 1. The van der Waals surface area contributed by atoms with E-state index in [1.54, 1.807) is 42.5 Å². The summed E-state index contributed by atoms with van der Waals surface area (Å²) < 4.78 is 10.8. The summed E-state index contributed by atoms with van der Waals surface area (Å²) in [6.45, 7) is 0.177. The third kappa shape index (κ3) is 4.51. The van der Waals surface area contributed by atoms with Gasteiger partial charge >= 0.3 is 0 Å². The molecule has 3 aromatic carbocycles. The first-order chi connectivity index (χ1) is 16.1. The highest BCUT2D eigenvalue weighted by Crippen LogP contribution is 2.34. The van der Waals surface area contributed by atoms with Crippen molar-refractivity contribution in [2.24, 2.45) is 4.99 Å². The molecule has 0 bridgehead atoms.